The van der Waals surface area contributed by atoms with Gasteiger partial charge in [-0.1, -0.05) is 64.7 Å². The van der Waals surface area contributed by atoms with Gasteiger partial charge >= 0.3 is 6.03 Å². The molecule has 0 radical (unpaired) electrons. The molecule has 0 unspecified atom stereocenters. The minimum Gasteiger partial charge on any atom is -0.308 e. The van der Waals surface area contributed by atoms with Crippen molar-refractivity contribution in [2.45, 2.75) is 0 Å². The summed E-state index contributed by atoms with van der Waals surface area (Å²) in [6.07, 6.45) is 0. The van der Waals surface area contributed by atoms with Gasteiger partial charge in [0.15, 0.2) is 0 Å². The summed E-state index contributed by atoms with van der Waals surface area (Å²) >= 11 is 28.9. The van der Waals surface area contributed by atoms with Gasteiger partial charge < -0.3 is 5.32 Å². The van der Waals surface area contributed by atoms with Crippen LogP contribution in [-0.4, -0.2) is 11.0 Å². The van der Waals surface area contributed by atoms with E-state index in [-0.39, 0.29) is 4.99 Å². The maximum Gasteiger partial charge on any atom is 0.324 e. The van der Waals surface area contributed by atoms with E-state index in [1.54, 1.807) is 30.3 Å². The van der Waals surface area contributed by atoms with Crippen molar-refractivity contribution in [2.75, 3.05) is 5.32 Å². The molecule has 2 aromatic rings. The summed E-state index contributed by atoms with van der Waals surface area (Å²) in [5.41, 5.74) is 0.866. The molecule has 2 amide bonds. The number of benzene rings is 2. The van der Waals surface area contributed by atoms with Crippen molar-refractivity contribution in [3.63, 3.8) is 0 Å². The lowest BCUT2D eigenvalue weighted by Gasteiger charge is -2.11. The van der Waals surface area contributed by atoms with Crippen molar-refractivity contribution >= 4 is 75.3 Å². The maximum atomic E-state index is 11.9. The number of hydrogen-bond acceptors (Lipinski definition) is 2. The molecule has 0 spiro atoms. The average molecular weight is 394 g/mol. The van der Waals surface area contributed by atoms with E-state index in [0.717, 1.165) is 0 Å². The molecule has 0 aliphatic rings. The molecule has 0 atom stereocenters. The second-order valence-electron chi connectivity index (χ2n) is 4.13. The van der Waals surface area contributed by atoms with Gasteiger partial charge in [-0.2, -0.15) is 0 Å². The van der Waals surface area contributed by atoms with E-state index >= 15 is 0 Å². The maximum absolute atomic E-state index is 11.9. The number of carbonyl (C=O) groups is 1. The van der Waals surface area contributed by atoms with E-state index in [1.807, 2.05) is 0 Å². The summed E-state index contributed by atoms with van der Waals surface area (Å²) in [6, 6.07) is 9.12. The lowest BCUT2D eigenvalue weighted by atomic mass is 10.2. The zero-order valence-electron chi connectivity index (χ0n) is 10.8. The molecule has 0 fully saturated rings. The van der Waals surface area contributed by atoms with E-state index in [9.17, 15) is 4.79 Å². The van der Waals surface area contributed by atoms with Gasteiger partial charge in [-0.15, -0.1) is 0 Å². The molecule has 8 heteroatoms. The number of rotatable bonds is 2. The largest absolute Gasteiger partial charge is 0.324 e. The second kappa shape index (κ2) is 7.49. The van der Waals surface area contributed by atoms with Crippen molar-refractivity contribution < 1.29 is 4.79 Å². The normalized spacial score (nSPS) is 10.2. The van der Waals surface area contributed by atoms with Gasteiger partial charge in [-0.3, -0.25) is 5.32 Å². The smallest absolute Gasteiger partial charge is 0.308 e. The van der Waals surface area contributed by atoms with Crippen LogP contribution < -0.4 is 10.6 Å². The van der Waals surface area contributed by atoms with Gasteiger partial charge in [0, 0.05) is 11.3 Å². The molecule has 2 N–H and O–H groups in total. The molecule has 2 rings (SSSR count). The van der Waals surface area contributed by atoms with Crippen LogP contribution in [0.15, 0.2) is 36.4 Å². The first-order chi connectivity index (χ1) is 10.4. The number of hydrogen-bond donors (Lipinski definition) is 2. The average Bonchev–Trinajstić information content (AvgIpc) is 2.42. The first-order valence-corrected chi connectivity index (χ1v) is 7.82. The van der Waals surface area contributed by atoms with E-state index in [4.69, 9.17) is 58.6 Å². The molecule has 2 aromatic carbocycles. The van der Waals surface area contributed by atoms with Gasteiger partial charge in [0.1, 0.15) is 4.99 Å². The number of carbonyl (C=O) groups excluding carboxylic acids is 1. The van der Waals surface area contributed by atoms with Gasteiger partial charge in [0.25, 0.3) is 0 Å². The van der Waals surface area contributed by atoms with Crippen molar-refractivity contribution in [2.24, 2.45) is 0 Å². The van der Waals surface area contributed by atoms with Crippen LogP contribution in [-0.2, 0) is 0 Å². The summed E-state index contributed by atoms with van der Waals surface area (Å²) in [5, 5.41) is 6.51. The van der Waals surface area contributed by atoms with Crippen LogP contribution >= 0.6 is 58.6 Å². The molecule has 0 aromatic heterocycles. The highest BCUT2D eigenvalue weighted by Gasteiger charge is 2.13. The Kier molecular flexibility index (Phi) is 5.89. The van der Waals surface area contributed by atoms with Gasteiger partial charge in [0.2, 0.25) is 0 Å². The van der Waals surface area contributed by atoms with Crippen LogP contribution in [0.25, 0.3) is 0 Å². The zero-order chi connectivity index (χ0) is 16.3. The quantitative estimate of drug-likeness (QED) is 0.633. The molecule has 22 heavy (non-hydrogen) atoms. The Morgan fingerprint density at radius 3 is 2.14 bits per heavy atom. The van der Waals surface area contributed by atoms with Crippen molar-refractivity contribution in [1.82, 2.24) is 5.32 Å². The molecule has 3 nitrogen and oxygen atoms in total. The highest BCUT2D eigenvalue weighted by molar-refractivity contribution is 7.80. The van der Waals surface area contributed by atoms with Crippen LogP contribution in [0.3, 0.4) is 0 Å². The highest BCUT2D eigenvalue weighted by atomic mass is 35.5. The van der Waals surface area contributed by atoms with E-state index in [0.29, 0.717) is 31.3 Å². The Morgan fingerprint density at radius 2 is 1.55 bits per heavy atom. The fourth-order valence-corrected chi connectivity index (χ4v) is 2.93. The van der Waals surface area contributed by atoms with Crippen LogP contribution in [0, 0.1) is 0 Å². The summed E-state index contributed by atoms with van der Waals surface area (Å²) < 4.78 is 0. The Labute approximate surface area is 152 Å². The van der Waals surface area contributed by atoms with E-state index in [1.165, 1.54) is 6.07 Å². The number of halogens is 4. The molecule has 0 saturated carbocycles. The Balaban J connectivity index is 2.08. The predicted molar refractivity (Wildman–Crippen MR) is 96.8 cm³/mol. The first-order valence-electron chi connectivity index (χ1n) is 5.90. The van der Waals surface area contributed by atoms with Crippen molar-refractivity contribution in [3.05, 3.63) is 62.1 Å². The molecule has 0 saturated heterocycles. The minimum absolute atomic E-state index is 0.119. The van der Waals surface area contributed by atoms with Crippen molar-refractivity contribution in [1.29, 1.82) is 0 Å². The van der Waals surface area contributed by atoms with E-state index < -0.39 is 6.03 Å². The third-order valence-electron chi connectivity index (χ3n) is 2.59. The fraction of sp³-hybridized carbons (Fsp3) is 0. The first kappa shape index (κ1) is 17.3. The van der Waals surface area contributed by atoms with Gasteiger partial charge in [-0.05, 0) is 30.3 Å². The third-order valence-corrected chi connectivity index (χ3v) is 4.27. The second-order valence-corrected chi connectivity index (χ2v) is 6.17. The summed E-state index contributed by atoms with van der Waals surface area (Å²) in [6.45, 7) is 0. The van der Waals surface area contributed by atoms with Gasteiger partial charge in [0.05, 0.1) is 20.1 Å². The molecule has 0 aliphatic heterocycles. The Hall–Kier alpha value is -1.04. The SMILES string of the molecule is O=C(NC(=S)c1c(Cl)cccc1Cl)Nc1ccc(Cl)c(Cl)c1. The molecule has 0 heterocycles. The molecule has 0 aliphatic carbocycles. The topological polar surface area (TPSA) is 41.1 Å². The molecular formula is C14H8Cl4N2OS. The molecule has 0 bridgehead atoms. The minimum atomic E-state index is -0.542. The third kappa shape index (κ3) is 4.24. The van der Waals surface area contributed by atoms with Crippen LogP contribution in [0.4, 0.5) is 10.5 Å². The number of nitrogens with one attached hydrogen (secondary N) is 2. The zero-order valence-corrected chi connectivity index (χ0v) is 14.6. The molecule has 114 valence electrons. The Bertz CT molecular complexity index is 731. The molecular weight excluding hydrogens is 386 g/mol. The monoisotopic (exact) mass is 392 g/mol. The van der Waals surface area contributed by atoms with E-state index in [2.05, 4.69) is 10.6 Å². The highest BCUT2D eigenvalue weighted by Crippen LogP contribution is 2.26. The van der Waals surface area contributed by atoms with Crippen LogP contribution in [0.1, 0.15) is 5.56 Å². The number of anilines is 1. The lowest BCUT2D eigenvalue weighted by molar-refractivity contribution is 0.256. The van der Waals surface area contributed by atoms with Crippen LogP contribution in [0.5, 0.6) is 0 Å². The number of thiocarbonyl (C=S) groups is 1. The Morgan fingerprint density at radius 1 is 0.909 bits per heavy atom. The summed E-state index contributed by atoms with van der Waals surface area (Å²) in [5.74, 6) is 0. The van der Waals surface area contributed by atoms with Gasteiger partial charge in [-0.25, -0.2) is 4.79 Å². The standard InChI is InChI=1S/C14H8Cl4N2OS/c15-8-5-4-7(6-11(8)18)19-14(21)20-13(22)12-9(16)2-1-3-10(12)17/h1-6H,(H2,19,20,21,22). The van der Waals surface area contributed by atoms with Crippen molar-refractivity contribution in [3.8, 4) is 0 Å². The predicted octanol–water partition coefficient (Wildman–Crippen LogP) is 5.80. The number of urea groups is 1. The fourth-order valence-electron chi connectivity index (χ4n) is 1.62. The lowest BCUT2D eigenvalue weighted by Crippen LogP contribution is -2.34. The summed E-state index contributed by atoms with van der Waals surface area (Å²) in [4.78, 5) is 12.1. The number of amides is 2. The van der Waals surface area contributed by atoms with Crippen LogP contribution in [0.2, 0.25) is 20.1 Å². The summed E-state index contributed by atoms with van der Waals surface area (Å²) in [7, 11) is 0.